The third-order valence-electron chi connectivity index (χ3n) is 1.80. The van der Waals surface area contributed by atoms with E-state index in [1.54, 1.807) is 12.3 Å². The van der Waals surface area contributed by atoms with E-state index in [1.807, 2.05) is 0 Å². The lowest BCUT2D eigenvalue weighted by molar-refractivity contribution is 0.0593. The number of halogens is 1. The van der Waals surface area contributed by atoms with Crippen LogP contribution in [0.5, 0.6) is 0 Å². The van der Waals surface area contributed by atoms with Crippen LogP contribution in [-0.4, -0.2) is 26.1 Å². The lowest BCUT2D eigenvalue weighted by atomic mass is 10.2. The molecule has 90 valence electrons. The molecule has 1 heterocycles. The summed E-state index contributed by atoms with van der Waals surface area (Å²) >= 11 is 3.29. The molecule has 1 aromatic rings. The van der Waals surface area contributed by atoms with Gasteiger partial charge in [0.15, 0.2) is 5.69 Å². The van der Waals surface area contributed by atoms with E-state index < -0.39 is 14.0 Å². The highest BCUT2D eigenvalue weighted by atomic mass is 79.9. The van der Waals surface area contributed by atoms with E-state index in [2.05, 4.69) is 56.8 Å². The molecule has 0 aromatic carbocycles. The molecule has 0 spiro atoms. The minimum atomic E-state index is -1.40. The number of hydrogen-bond acceptors (Lipinski definition) is 3. The van der Waals surface area contributed by atoms with Gasteiger partial charge >= 0.3 is 5.97 Å². The summed E-state index contributed by atoms with van der Waals surface area (Å²) in [4.78, 5) is 15.4. The molecule has 17 heavy (non-hydrogen) atoms. The average Bonchev–Trinajstić information content (AvgIpc) is 2.24. The van der Waals surface area contributed by atoms with Gasteiger partial charge < -0.3 is 4.74 Å². The topological polar surface area (TPSA) is 39.2 Å². The van der Waals surface area contributed by atoms with Crippen LogP contribution in [0.3, 0.4) is 0 Å². The Bertz CT molecular complexity index is 497. The van der Waals surface area contributed by atoms with E-state index in [0.29, 0.717) is 4.47 Å². The summed E-state index contributed by atoms with van der Waals surface area (Å²) in [6.07, 6.45) is 1.59. The van der Waals surface area contributed by atoms with Gasteiger partial charge in [-0.3, -0.25) is 0 Å². The molecule has 0 radical (unpaired) electrons. The third kappa shape index (κ3) is 4.33. The standard InChI is InChI=1S/C12H14BrNO2Si/c1-16-12(15)11-10(13)7-9(8-14-11)5-6-17(2,3)4/h7-8H,1-4H3. The number of methoxy groups -OCH3 is 1. The van der Waals surface area contributed by atoms with E-state index in [0.717, 1.165) is 5.56 Å². The number of pyridine rings is 1. The van der Waals surface area contributed by atoms with Crippen molar-refractivity contribution >= 4 is 30.0 Å². The number of hydrogen-bond donors (Lipinski definition) is 0. The van der Waals surface area contributed by atoms with E-state index in [4.69, 9.17) is 0 Å². The molecule has 0 aliphatic rings. The number of aromatic nitrogens is 1. The van der Waals surface area contributed by atoms with Crippen LogP contribution >= 0.6 is 15.9 Å². The Kier molecular flexibility index (Phi) is 4.49. The molecule has 0 N–H and O–H groups in total. The average molecular weight is 312 g/mol. The molecule has 5 heteroatoms. The molecule has 3 nitrogen and oxygen atoms in total. The smallest absolute Gasteiger partial charge is 0.357 e. The van der Waals surface area contributed by atoms with Gasteiger partial charge in [-0.2, -0.15) is 0 Å². The summed E-state index contributed by atoms with van der Waals surface area (Å²) in [6, 6.07) is 1.78. The third-order valence-corrected chi connectivity index (χ3v) is 3.28. The molecule has 1 aromatic heterocycles. The normalized spacial score (nSPS) is 10.4. The lowest BCUT2D eigenvalue weighted by Crippen LogP contribution is -2.16. The molecule has 0 aliphatic heterocycles. The van der Waals surface area contributed by atoms with Gasteiger partial charge in [0.25, 0.3) is 0 Å². The molecule has 1 rings (SSSR count). The first-order chi connectivity index (χ1) is 7.83. The maximum Gasteiger partial charge on any atom is 0.357 e. The van der Waals surface area contributed by atoms with Gasteiger partial charge in [-0.25, -0.2) is 9.78 Å². The SMILES string of the molecule is COC(=O)c1ncc(C#C[Si](C)(C)C)cc1Br. The first kappa shape index (κ1) is 13.9. The predicted molar refractivity (Wildman–Crippen MR) is 73.5 cm³/mol. The number of carbonyl (C=O) groups excluding carboxylic acids is 1. The number of nitrogens with zero attached hydrogens (tertiary/aromatic N) is 1. The van der Waals surface area contributed by atoms with Crippen molar-refractivity contribution < 1.29 is 9.53 Å². The van der Waals surface area contributed by atoms with Crippen molar-refractivity contribution in [1.29, 1.82) is 0 Å². The zero-order chi connectivity index (χ0) is 13.1. The van der Waals surface area contributed by atoms with E-state index in [1.165, 1.54) is 7.11 Å². The fourth-order valence-corrected chi connectivity index (χ4v) is 2.04. The number of rotatable bonds is 1. The highest BCUT2D eigenvalue weighted by Crippen LogP contribution is 2.16. The van der Waals surface area contributed by atoms with Crippen LogP contribution < -0.4 is 0 Å². The van der Waals surface area contributed by atoms with Gasteiger partial charge in [0.1, 0.15) is 8.07 Å². The zero-order valence-electron chi connectivity index (χ0n) is 10.3. The highest BCUT2D eigenvalue weighted by Gasteiger charge is 2.12. The Balaban J connectivity index is 3.04. The minimum Gasteiger partial charge on any atom is -0.464 e. The zero-order valence-corrected chi connectivity index (χ0v) is 12.9. The second kappa shape index (κ2) is 5.47. The molecule has 0 fully saturated rings. The number of carbonyl (C=O) groups is 1. The first-order valence-electron chi connectivity index (χ1n) is 5.10. The van der Waals surface area contributed by atoms with Crippen molar-refractivity contribution in [3.63, 3.8) is 0 Å². The summed E-state index contributed by atoms with van der Waals surface area (Å²) in [7, 11) is -0.0668. The van der Waals surface area contributed by atoms with Crippen LogP contribution in [0.15, 0.2) is 16.7 Å². The fraction of sp³-hybridized carbons (Fsp3) is 0.333. The van der Waals surface area contributed by atoms with Crippen molar-refractivity contribution in [3.8, 4) is 11.5 Å². The van der Waals surface area contributed by atoms with Crippen LogP contribution in [0.25, 0.3) is 0 Å². The molecule has 0 amide bonds. The molecule has 0 aliphatic carbocycles. The number of ether oxygens (including phenoxy) is 1. The van der Waals surface area contributed by atoms with Gasteiger partial charge in [-0.1, -0.05) is 25.6 Å². The Labute approximate surface area is 111 Å². The Morgan fingerprint density at radius 2 is 2.12 bits per heavy atom. The Morgan fingerprint density at radius 3 is 2.59 bits per heavy atom. The quantitative estimate of drug-likeness (QED) is 0.455. The van der Waals surface area contributed by atoms with Crippen molar-refractivity contribution in [3.05, 3.63) is 28.0 Å². The summed E-state index contributed by atoms with van der Waals surface area (Å²) in [5.74, 6) is 2.62. The molecular formula is C12H14BrNO2Si. The maximum atomic E-state index is 11.3. The summed E-state index contributed by atoms with van der Waals surface area (Å²) in [5.41, 5.74) is 4.31. The minimum absolute atomic E-state index is 0.269. The number of esters is 1. The van der Waals surface area contributed by atoms with Gasteiger partial charge in [-0.15, -0.1) is 5.54 Å². The summed E-state index contributed by atoms with van der Waals surface area (Å²) < 4.78 is 5.21. The van der Waals surface area contributed by atoms with Crippen LogP contribution in [0, 0.1) is 11.5 Å². The highest BCUT2D eigenvalue weighted by molar-refractivity contribution is 9.10. The van der Waals surface area contributed by atoms with Crippen LogP contribution in [0.2, 0.25) is 19.6 Å². The van der Waals surface area contributed by atoms with E-state index in [-0.39, 0.29) is 5.69 Å². The first-order valence-corrected chi connectivity index (χ1v) is 9.40. The molecule has 0 saturated carbocycles. The van der Waals surface area contributed by atoms with Crippen molar-refractivity contribution in [2.24, 2.45) is 0 Å². The maximum absolute atomic E-state index is 11.3. The fourth-order valence-electron chi connectivity index (χ4n) is 1.01. The summed E-state index contributed by atoms with van der Waals surface area (Å²) in [6.45, 7) is 6.52. The van der Waals surface area contributed by atoms with E-state index >= 15 is 0 Å². The van der Waals surface area contributed by atoms with Crippen molar-refractivity contribution in [1.82, 2.24) is 4.98 Å². The van der Waals surface area contributed by atoms with Crippen LogP contribution in [-0.2, 0) is 4.74 Å². The molecule has 0 unspecified atom stereocenters. The van der Waals surface area contributed by atoms with Gasteiger partial charge in [0.2, 0.25) is 0 Å². The van der Waals surface area contributed by atoms with Crippen LogP contribution in [0.1, 0.15) is 16.1 Å². The largest absolute Gasteiger partial charge is 0.464 e. The van der Waals surface area contributed by atoms with E-state index in [9.17, 15) is 4.79 Å². The van der Waals surface area contributed by atoms with Crippen molar-refractivity contribution in [2.45, 2.75) is 19.6 Å². The lowest BCUT2D eigenvalue weighted by Gasteiger charge is -2.04. The molecule has 0 atom stereocenters. The Morgan fingerprint density at radius 1 is 1.47 bits per heavy atom. The van der Waals surface area contributed by atoms with Gasteiger partial charge in [-0.05, 0) is 22.0 Å². The monoisotopic (exact) mass is 311 g/mol. The second-order valence-corrected chi connectivity index (χ2v) is 10.2. The van der Waals surface area contributed by atoms with Crippen LogP contribution in [0.4, 0.5) is 0 Å². The predicted octanol–water partition coefficient (Wildman–Crippen LogP) is 2.86. The second-order valence-electron chi connectivity index (χ2n) is 4.55. The molecular weight excluding hydrogens is 298 g/mol. The molecule has 0 bridgehead atoms. The van der Waals surface area contributed by atoms with Gasteiger partial charge in [0.05, 0.1) is 11.6 Å². The van der Waals surface area contributed by atoms with Crippen molar-refractivity contribution in [2.75, 3.05) is 7.11 Å². The Hall–Kier alpha value is -1.12. The molecule has 0 saturated heterocycles. The summed E-state index contributed by atoms with van der Waals surface area (Å²) in [5, 5.41) is 0. The van der Waals surface area contributed by atoms with Gasteiger partial charge in [0, 0.05) is 11.8 Å².